The van der Waals surface area contributed by atoms with Gasteiger partial charge in [-0.1, -0.05) is 25.4 Å². The van der Waals surface area contributed by atoms with Crippen LogP contribution in [0.1, 0.15) is 20.3 Å². The molecule has 1 aliphatic heterocycles. The van der Waals surface area contributed by atoms with Gasteiger partial charge in [0, 0.05) is 32.7 Å². The van der Waals surface area contributed by atoms with Crippen molar-refractivity contribution >= 4 is 35.1 Å². The second-order valence-electron chi connectivity index (χ2n) is 5.39. The molecule has 1 N–H and O–H groups in total. The van der Waals surface area contributed by atoms with Crippen molar-refractivity contribution in [3.05, 3.63) is 29.3 Å². The first-order valence-corrected chi connectivity index (χ1v) is 9.29. The first-order chi connectivity index (χ1) is 9.15. The van der Waals surface area contributed by atoms with Gasteiger partial charge >= 0.3 is 0 Å². The molecule has 2 atom stereocenters. The van der Waals surface area contributed by atoms with Crippen LogP contribution in [0.3, 0.4) is 0 Å². The zero-order chi connectivity index (χ0) is 13.7. The Balaban J connectivity index is 1.83. The zero-order valence-electron chi connectivity index (χ0n) is 11.6. The third-order valence-electron chi connectivity index (χ3n) is 3.26. The first-order valence-electron chi connectivity index (χ1n) is 6.88. The lowest BCUT2D eigenvalue weighted by Gasteiger charge is -2.20. The van der Waals surface area contributed by atoms with Crippen LogP contribution in [-0.4, -0.2) is 29.3 Å². The fourth-order valence-electron chi connectivity index (χ4n) is 2.09. The molecule has 0 aromatic heterocycles. The van der Waals surface area contributed by atoms with Gasteiger partial charge in [0.05, 0.1) is 0 Å². The predicted molar refractivity (Wildman–Crippen MR) is 89.7 cm³/mol. The van der Waals surface area contributed by atoms with Gasteiger partial charge in [-0.15, -0.1) is 11.8 Å². The first kappa shape index (κ1) is 15.6. The molecule has 1 saturated heterocycles. The monoisotopic (exact) mass is 315 g/mol. The lowest BCUT2D eigenvalue weighted by atomic mass is 10.1. The molecule has 0 saturated carbocycles. The molecule has 2 rings (SSSR count). The van der Waals surface area contributed by atoms with Crippen LogP contribution in [0.2, 0.25) is 5.02 Å². The van der Waals surface area contributed by atoms with Crippen LogP contribution >= 0.6 is 35.1 Å². The van der Waals surface area contributed by atoms with Crippen molar-refractivity contribution < 1.29 is 0 Å². The lowest BCUT2D eigenvalue weighted by molar-refractivity contribution is 0.496. The van der Waals surface area contributed by atoms with Crippen molar-refractivity contribution in [1.29, 1.82) is 0 Å². The largest absolute Gasteiger partial charge is 0.312 e. The maximum Gasteiger partial charge on any atom is 0.0406 e. The van der Waals surface area contributed by atoms with E-state index in [0.717, 1.165) is 17.5 Å². The van der Waals surface area contributed by atoms with E-state index >= 15 is 0 Å². The van der Waals surface area contributed by atoms with Crippen molar-refractivity contribution in [2.45, 2.75) is 36.5 Å². The molecule has 1 aromatic rings. The second-order valence-corrected chi connectivity index (χ2v) is 8.21. The minimum Gasteiger partial charge on any atom is -0.312 e. The zero-order valence-corrected chi connectivity index (χ0v) is 14.0. The normalized spacial score (nSPS) is 23.2. The molecule has 0 radical (unpaired) electrons. The van der Waals surface area contributed by atoms with Crippen LogP contribution in [0.25, 0.3) is 0 Å². The fourth-order valence-corrected chi connectivity index (χ4v) is 5.10. The quantitative estimate of drug-likeness (QED) is 0.827. The van der Waals surface area contributed by atoms with Crippen LogP contribution < -0.4 is 5.32 Å². The summed E-state index contributed by atoms with van der Waals surface area (Å²) < 4.78 is 0. The predicted octanol–water partition coefficient (Wildman–Crippen LogP) is 4.55. The highest BCUT2D eigenvalue weighted by molar-refractivity contribution is 8.04. The molecule has 1 fully saturated rings. The van der Waals surface area contributed by atoms with E-state index in [0.29, 0.717) is 11.3 Å². The number of benzene rings is 1. The molecule has 1 aromatic carbocycles. The third kappa shape index (κ3) is 5.22. The summed E-state index contributed by atoms with van der Waals surface area (Å²) in [6.07, 6.45) is 1.26. The van der Waals surface area contributed by atoms with E-state index in [9.17, 15) is 0 Å². The van der Waals surface area contributed by atoms with E-state index in [1.54, 1.807) is 0 Å². The summed E-state index contributed by atoms with van der Waals surface area (Å²) in [6, 6.07) is 8.85. The Hall–Kier alpha value is 0.170. The average molecular weight is 316 g/mol. The number of rotatable bonds is 6. The Morgan fingerprint density at radius 1 is 1.32 bits per heavy atom. The van der Waals surface area contributed by atoms with Crippen LogP contribution in [0, 0.1) is 5.92 Å². The second kappa shape index (κ2) is 7.82. The van der Waals surface area contributed by atoms with Crippen molar-refractivity contribution in [3.8, 4) is 0 Å². The highest BCUT2D eigenvalue weighted by atomic mass is 35.5. The highest BCUT2D eigenvalue weighted by Gasteiger charge is 2.28. The molecule has 1 aliphatic rings. The van der Waals surface area contributed by atoms with Gasteiger partial charge in [0.2, 0.25) is 0 Å². The summed E-state index contributed by atoms with van der Waals surface area (Å²) in [5, 5.41) is 5.22. The maximum absolute atomic E-state index is 5.93. The Morgan fingerprint density at radius 3 is 2.74 bits per heavy atom. The van der Waals surface area contributed by atoms with Crippen LogP contribution in [0.5, 0.6) is 0 Å². The molecule has 1 heterocycles. The topological polar surface area (TPSA) is 12.0 Å². The van der Waals surface area contributed by atoms with E-state index in [4.69, 9.17) is 11.6 Å². The third-order valence-corrected chi connectivity index (χ3v) is 6.25. The summed E-state index contributed by atoms with van der Waals surface area (Å²) >= 11 is 9.98. The molecular weight excluding hydrogens is 294 g/mol. The van der Waals surface area contributed by atoms with E-state index < -0.39 is 0 Å². The number of nitrogens with one attached hydrogen (secondary N) is 1. The highest BCUT2D eigenvalue weighted by Crippen LogP contribution is 2.34. The minimum absolute atomic E-state index is 0.643. The minimum atomic E-state index is 0.643. The van der Waals surface area contributed by atoms with Crippen LogP contribution in [0.4, 0.5) is 0 Å². The van der Waals surface area contributed by atoms with E-state index in [2.05, 4.69) is 43.1 Å². The van der Waals surface area contributed by atoms with Crippen molar-refractivity contribution in [2.75, 3.05) is 18.1 Å². The molecule has 2 unspecified atom stereocenters. The summed E-state index contributed by atoms with van der Waals surface area (Å²) in [7, 11) is 0. The molecule has 0 amide bonds. The van der Waals surface area contributed by atoms with Crippen molar-refractivity contribution in [3.63, 3.8) is 0 Å². The molecule has 106 valence electrons. The maximum atomic E-state index is 5.93. The summed E-state index contributed by atoms with van der Waals surface area (Å²) in [6.45, 7) is 5.70. The van der Waals surface area contributed by atoms with Gasteiger partial charge in [0.15, 0.2) is 0 Å². The number of hydrogen-bond donors (Lipinski definition) is 1. The molecule has 0 aliphatic carbocycles. The fraction of sp³-hybridized carbons (Fsp3) is 0.600. The smallest absolute Gasteiger partial charge is 0.0406 e. The summed E-state index contributed by atoms with van der Waals surface area (Å²) in [5.41, 5.74) is 0. The van der Waals surface area contributed by atoms with Gasteiger partial charge in [0.25, 0.3) is 0 Å². The van der Waals surface area contributed by atoms with Gasteiger partial charge in [-0.2, -0.15) is 11.8 Å². The standard InChI is InChI=1S/C15H22ClNS2/c1-11(2)7-8-17-14-9-18-10-15(14)19-13-5-3-12(16)4-6-13/h3-6,11,14-15,17H,7-10H2,1-2H3. The Morgan fingerprint density at radius 2 is 2.05 bits per heavy atom. The van der Waals surface area contributed by atoms with Crippen LogP contribution in [0.15, 0.2) is 29.2 Å². The lowest BCUT2D eigenvalue weighted by Crippen LogP contribution is -2.38. The van der Waals surface area contributed by atoms with Gasteiger partial charge in [-0.25, -0.2) is 0 Å². The van der Waals surface area contributed by atoms with Gasteiger partial charge in [-0.05, 0) is 43.1 Å². The Kier molecular flexibility index (Phi) is 6.40. The summed E-state index contributed by atoms with van der Waals surface area (Å²) in [4.78, 5) is 1.33. The number of halogens is 1. The van der Waals surface area contributed by atoms with E-state index in [1.807, 2.05) is 23.9 Å². The summed E-state index contributed by atoms with van der Waals surface area (Å²) in [5.74, 6) is 3.26. The average Bonchev–Trinajstić information content (AvgIpc) is 2.79. The van der Waals surface area contributed by atoms with Crippen molar-refractivity contribution in [1.82, 2.24) is 5.32 Å². The Bertz CT molecular complexity index is 380. The van der Waals surface area contributed by atoms with Crippen LogP contribution in [-0.2, 0) is 0 Å². The number of hydrogen-bond acceptors (Lipinski definition) is 3. The van der Waals surface area contributed by atoms with Gasteiger partial charge in [0.1, 0.15) is 0 Å². The molecule has 4 heteroatoms. The van der Waals surface area contributed by atoms with E-state index in [1.165, 1.54) is 22.8 Å². The molecule has 0 bridgehead atoms. The molecule has 19 heavy (non-hydrogen) atoms. The van der Waals surface area contributed by atoms with Gasteiger partial charge < -0.3 is 5.32 Å². The van der Waals surface area contributed by atoms with Crippen molar-refractivity contribution in [2.24, 2.45) is 5.92 Å². The number of thioether (sulfide) groups is 2. The molecular formula is C15H22ClNS2. The van der Waals surface area contributed by atoms with E-state index in [-0.39, 0.29) is 0 Å². The Labute approximate surface area is 130 Å². The molecule has 1 nitrogen and oxygen atoms in total. The molecule has 0 spiro atoms. The van der Waals surface area contributed by atoms with Gasteiger partial charge in [-0.3, -0.25) is 0 Å². The SMILES string of the molecule is CC(C)CCNC1CSCC1Sc1ccc(Cl)cc1.